The highest BCUT2D eigenvalue weighted by Crippen LogP contribution is 2.18. The predicted molar refractivity (Wildman–Crippen MR) is 105 cm³/mol. The maximum Gasteiger partial charge on any atom is 0.387 e. The molecule has 0 spiro atoms. The van der Waals surface area contributed by atoms with Crippen molar-refractivity contribution in [3.8, 4) is 5.75 Å². The summed E-state index contributed by atoms with van der Waals surface area (Å²) in [4.78, 5) is 22.7. The molecular weight excluding hydrogens is 378 g/mol. The van der Waals surface area contributed by atoms with Gasteiger partial charge in [0.2, 0.25) is 0 Å². The molecule has 0 aliphatic carbocycles. The molecule has 0 saturated carbocycles. The third kappa shape index (κ3) is 4.89. The van der Waals surface area contributed by atoms with Crippen LogP contribution in [0.25, 0.3) is 11.0 Å². The monoisotopic (exact) mass is 400 g/mol. The van der Waals surface area contributed by atoms with Crippen molar-refractivity contribution in [1.29, 1.82) is 0 Å². The molecule has 1 aromatic heterocycles. The molecule has 0 unspecified atom stereocenters. The number of imidazole rings is 1. The van der Waals surface area contributed by atoms with E-state index in [9.17, 15) is 13.6 Å². The summed E-state index contributed by atoms with van der Waals surface area (Å²) in [5.41, 5.74) is 2.30. The Bertz CT molecular complexity index is 950. The predicted octanol–water partition coefficient (Wildman–Crippen LogP) is 3.56. The molecule has 6 nitrogen and oxygen atoms in total. The fourth-order valence-corrected chi connectivity index (χ4v) is 3.61. The number of piperidine rings is 1. The topological polar surface area (TPSA) is 70.2 Å². The van der Waals surface area contributed by atoms with Crippen LogP contribution in [0.4, 0.5) is 8.78 Å². The Kier molecular flexibility index (Phi) is 5.71. The molecule has 2 heterocycles. The quantitative estimate of drug-likeness (QED) is 0.664. The van der Waals surface area contributed by atoms with Crippen molar-refractivity contribution in [1.82, 2.24) is 20.2 Å². The van der Waals surface area contributed by atoms with Gasteiger partial charge in [0.15, 0.2) is 0 Å². The highest BCUT2D eigenvalue weighted by molar-refractivity contribution is 5.94. The third-order valence-corrected chi connectivity index (χ3v) is 5.06. The summed E-state index contributed by atoms with van der Waals surface area (Å²) >= 11 is 0. The molecular formula is C21H22F2N4O2. The Balaban J connectivity index is 1.29. The number of carbonyl (C=O) groups is 1. The Morgan fingerprint density at radius 1 is 1.21 bits per heavy atom. The molecule has 1 amide bonds. The number of rotatable bonds is 6. The second-order valence-corrected chi connectivity index (χ2v) is 7.13. The van der Waals surface area contributed by atoms with E-state index in [1.54, 1.807) is 6.07 Å². The Labute approximate surface area is 166 Å². The van der Waals surface area contributed by atoms with Crippen LogP contribution in [0.5, 0.6) is 5.75 Å². The molecule has 1 fully saturated rings. The van der Waals surface area contributed by atoms with Crippen LogP contribution in [0.2, 0.25) is 0 Å². The molecule has 2 aromatic carbocycles. The number of para-hydroxylation sites is 2. The average Bonchev–Trinajstić information content (AvgIpc) is 3.11. The Morgan fingerprint density at radius 2 is 2.00 bits per heavy atom. The van der Waals surface area contributed by atoms with Crippen molar-refractivity contribution in [2.75, 3.05) is 13.1 Å². The molecule has 4 rings (SSSR count). The van der Waals surface area contributed by atoms with Gasteiger partial charge >= 0.3 is 6.61 Å². The van der Waals surface area contributed by atoms with Crippen molar-refractivity contribution < 1.29 is 18.3 Å². The maximum atomic E-state index is 12.4. The van der Waals surface area contributed by atoms with Gasteiger partial charge < -0.3 is 15.0 Å². The van der Waals surface area contributed by atoms with Gasteiger partial charge in [-0.1, -0.05) is 18.2 Å². The van der Waals surface area contributed by atoms with E-state index in [0.717, 1.165) is 49.3 Å². The number of nitrogens with zero attached hydrogens (tertiary/aromatic N) is 2. The van der Waals surface area contributed by atoms with Crippen molar-refractivity contribution in [3.05, 3.63) is 59.9 Å². The van der Waals surface area contributed by atoms with Gasteiger partial charge in [-0.15, -0.1) is 0 Å². The summed E-state index contributed by atoms with van der Waals surface area (Å²) in [5, 5.41) is 2.99. The summed E-state index contributed by atoms with van der Waals surface area (Å²) in [7, 11) is 0. The Hall–Kier alpha value is -3.00. The largest absolute Gasteiger partial charge is 0.435 e. The van der Waals surface area contributed by atoms with Gasteiger partial charge in [-0.3, -0.25) is 9.69 Å². The van der Waals surface area contributed by atoms with E-state index in [4.69, 9.17) is 0 Å². The number of nitrogens with one attached hydrogen (secondary N) is 2. The smallest absolute Gasteiger partial charge is 0.387 e. The van der Waals surface area contributed by atoms with Crippen LogP contribution in [0.1, 0.15) is 29.0 Å². The van der Waals surface area contributed by atoms with Gasteiger partial charge in [0.05, 0.1) is 17.6 Å². The number of hydrogen-bond donors (Lipinski definition) is 2. The van der Waals surface area contributed by atoms with Crippen molar-refractivity contribution >= 4 is 16.9 Å². The number of benzene rings is 2. The first-order valence-corrected chi connectivity index (χ1v) is 9.58. The van der Waals surface area contributed by atoms with Crippen LogP contribution in [0.3, 0.4) is 0 Å². The molecule has 3 aromatic rings. The number of aromatic amines is 1. The van der Waals surface area contributed by atoms with Crippen LogP contribution in [-0.2, 0) is 6.54 Å². The van der Waals surface area contributed by atoms with Crippen molar-refractivity contribution in [3.63, 3.8) is 0 Å². The number of amides is 1. The van der Waals surface area contributed by atoms with Crippen molar-refractivity contribution in [2.45, 2.75) is 32.0 Å². The highest BCUT2D eigenvalue weighted by atomic mass is 19.3. The van der Waals surface area contributed by atoms with Crippen LogP contribution < -0.4 is 10.1 Å². The van der Waals surface area contributed by atoms with E-state index in [1.165, 1.54) is 18.2 Å². The van der Waals surface area contributed by atoms with E-state index in [1.807, 2.05) is 24.3 Å². The number of carbonyl (C=O) groups excluding carboxylic acids is 1. The number of alkyl halides is 2. The average molecular weight is 400 g/mol. The maximum absolute atomic E-state index is 12.4. The van der Waals surface area contributed by atoms with Crippen molar-refractivity contribution in [2.24, 2.45) is 0 Å². The number of likely N-dealkylation sites (tertiary alicyclic amines) is 1. The lowest BCUT2D eigenvalue weighted by atomic mass is 10.0. The molecule has 1 aliphatic rings. The van der Waals surface area contributed by atoms with Gasteiger partial charge in [0, 0.05) is 24.7 Å². The highest BCUT2D eigenvalue weighted by Gasteiger charge is 2.22. The minimum atomic E-state index is -2.91. The first-order valence-electron chi connectivity index (χ1n) is 9.58. The molecule has 152 valence electrons. The fraction of sp³-hybridized carbons (Fsp3) is 0.333. The number of halogens is 2. The summed E-state index contributed by atoms with van der Waals surface area (Å²) in [6.07, 6.45) is 1.64. The van der Waals surface area contributed by atoms with E-state index >= 15 is 0 Å². The zero-order valence-corrected chi connectivity index (χ0v) is 15.8. The van der Waals surface area contributed by atoms with E-state index in [0.29, 0.717) is 5.56 Å². The zero-order chi connectivity index (χ0) is 20.2. The number of hydrogen-bond acceptors (Lipinski definition) is 4. The lowest BCUT2D eigenvalue weighted by Gasteiger charge is -2.31. The molecule has 8 heteroatoms. The van der Waals surface area contributed by atoms with Gasteiger partial charge in [0.25, 0.3) is 5.91 Å². The van der Waals surface area contributed by atoms with E-state index in [2.05, 4.69) is 24.9 Å². The second kappa shape index (κ2) is 8.57. The van der Waals surface area contributed by atoms with Crippen LogP contribution in [0.15, 0.2) is 48.5 Å². The van der Waals surface area contributed by atoms with Gasteiger partial charge in [-0.25, -0.2) is 4.98 Å². The minimum Gasteiger partial charge on any atom is -0.435 e. The number of aromatic nitrogens is 2. The summed E-state index contributed by atoms with van der Waals surface area (Å²) < 4.78 is 29.0. The van der Waals surface area contributed by atoms with Gasteiger partial charge in [-0.05, 0) is 43.2 Å². The standard InChI is InChI=1S/C21H22F2N4O2/c22-21(23)29-16-5-3-4-14(12-16)20(28)24-15-8-10-27(11-9-15)13-19-25-17-6-1-2-7-18(17)26-19/h1-7,12,15,21H,8-11,13H2,(H,24,28)(H,25,26). The van der Waals surface area contributed by atoms with Crippen LogP contribution in [-0.4, -0.2) is 46.5 Å². The first-order chi connectivity index (χ1) is 14.1. The van der Waals surface area contributed by atoms with Gasteiger partial charge in [0.1, 0.15) is 11.6 Å². The normalized spacial score (nSPS) is 15.7. The molecule has 29 heavy (non-hydrogen) atoms. The molecule has 0 atom stereocenters. The SMILES string of the molecule is O=C(NC1CCN(Cc2nc3ccccc3[nH]2)CC1)c1cccc(OC(F)F)c1. The summed E-state index contributed by atoms with van der Waals surface area (Å²) in [6.45, 7) is -0.487. The number of H-pyrrole nitrogens is 1. The lowest BCUT2D eigenvalue weighted by Crippen LogP contribution is -2.44. The second-order valence-electron chi connectivity index (χ2n) is 7.13. The summed E-state index contributed by atoms with van der Waals surface area (Å²) in [6, 6.07) is 13.8. The number of ether oxygens (including phenoxy) is 1. The van der Waals surface area contributed by atoms with E-state index < -0.39 is 6.61 Å². The fourth-order valence-electron chi connectivity index (χ4n) is 3.61. The van der Waals surface area contributed by atoms with Crippen LogP contribution in [0, 0.1) is 0 Å². The molecule has 0 bridgehead atoms. The lowest BCUT2D eigenvalue weighted by molar-refractivity contribution is -0.0498. The number of fused-ring (bicyclic) bond motifs is 1. The Morgan fingerprint density at radius 3 is 2.76 bits per heavy atom. The molecule has 2 N–H and O–H groups in total. The zero-order valence-electron chi connectivity index (χ0n) is 15.8. The summed E-state index contributed by atoms with van der Waals surface area (Å²) in [5.74, 6) is 0.637. The molecule has 1 saturated heterocycles. The van der Waals surface area contributed by atoms with E-state index in [-0.39, 0.29) is 17.7 Å². The third-order valence-electron chi connectivity index (χ3n) is 5.06. The first kappa shape index (κ1) is 19.3. The molecule has 1 aliphatic heterocycles. The van der Waals surface area contributed by atoms with Gasteiger partial charge in [-0.2, -0.15) is 8.78 Å². The molecule has 0 radical (unpaired) electrons. The van der Waals surface area contributed by atoms with Crippen LogP contribution >= 0.6 is 0 Å². The minimum absolute atomic E-state index is 0.0201.